The van der Waals surface area contributed by atoms with Crippen LogP contribution in [-0.4, -0.2) is 25.0 Å². The molecule has 136 valence electrons. The Morgan fingerprint density at radius 3 is 2.59 bits per heavy atom. The highest BCUT2D eigenvalue weighted by molar-refractivity contribution is 5.95. The van der Waals surface area contributed by atoms with Crippen LogP contribution in [0.3, 0.4) is 0 Å². The number of hydrogen-bond acceptors (Lipinski definition) is 4. The van der Waals surface area contributed by atoms with E-state index in [0.717, 1.165) is 22.9 Å². The first-order valence-corrected chi connectivity index (χ1v) is 8.92. The standard InChI is InChI=1S/C22H19NO4/c24-21-9-4-12-23(21)18-7-3-8-20(14-18)27-22(25)15-26-19-11-10-16-5-1-2-6-17(16)13-19/h1-3,5-8,10-11,13-14H,4,9,12,15H2. The zero-order valence-electron chi connectivity index (χ0n) is 14.8. The number of anilines is 1. The molecule has 1 amide bonds. The zero-order chi connectivity index (χ0) is 18.6. The van der Waals surface area contributed by atoms with Crippen LogP contribution in [0.2, 0.25) is 0 Å². The minimum atomic E-state index is -0.493. The van der Waals surface area contributed by atoms with E-state index >= 15 is 0 Å². The lowest BCUT2D eigenvalue weighted by atomic mass is 10.1. The fourth-order valence-corrected chi connectivity index (χ4v) is 3.20. The summed E-state index contributed by atoms with van der Waals surface area (Å²) in [6.07, 6.45) is 1.41. The number of benzene rings is 3. The Hall–Kier alpha value is -3.34. The van der Waals surface area contributed by atoms with Crippen LogP contribution in [0.5, 0.6) is 11.5 Å². The molecule has 0 aliphatic carbocycles. The number of rotatable bonds is 5. The molecule has 0 spiro atoms. The topological polar surface area (TPSA) is 55.8 Å². The second-order valence-corrected chi connectivity index (χ2v) is 6.42. The fourth-order valence-electron chi connectivity index (χ4n) is 3.20. The molecule has 5 nitrogen and oxygen atoms in total. The molecule has 1 aliphatic rings. The number of ether oxygens (including phenoxy) is 2. The van der Waals surface area contributed by atoms with Gasteiger partial charge in [0, 0.05) is 24.7 Å². The van der Waals surface area contributed by atoms with Gasteiger partial charge in [-0.25, -0.2) is 4.79 Å². The Bertz CT molecular complexity index is 998. The van der Waals surface area contributed by atoms with Crippen molar-refractivity contribution < 1.29 is 19.1 Å². The van der Waals surface area contributed by atoms with Crippen molar-refractivity contribution >= 4 is 28.3 Å². The van der Waals surface area contributed by atoms with Gasteiger partial charge in [0.2, 0.25) is 5.91 Å². The van der Waals surface area contributed by atoms with Gasteiger partial charge in [-0.15, -0.1) is 0 Å². The summed E-state index contributed by atoms with van der Waals surface area (Å²) in [5.74, 6) is 0.618. The van der Waals surface area contributed by atoms with Crippen LogP contribution < -0.4 is 14.4 Å². The Morgan fingerprint density at radius 2 is 1.78 bits per heavy atom. The summed E-state index contributed by atoms with van der Waals surface area (Å²) in [6, 6.07) is 20.6. The summed E-state index contributed by atoms with van der Waals surface area (Å²) in [5, 5.41) is 2.16. The average molecular weight is 361 g/mol. The average Bonchev–Trinajstić information content (AvgIpc) is 3.12. The highest BCUT2D eigenvalue weighted by Crippen LogP contribution is 2.25. The van der Waals surface area contributed by atoms with E-state index in [1.807, 2.05) is 48.5 Å². The van der Waals surface area contributed by atoms with Gasteiger partial charge in [-0.2, -0.15) is 0 Å². The largest absolute Gasteiger partial charge is 0.482 e. The molecule has 4 rings (SSSR count). The highest BCUT2D eigenvalue weighted by Gasteiger charge is 2.22. The summed E-state index contributed by atoms with van der Waals surface area (Å²) in [7, 11) is 0. The smallest absolute Gasteiger partial charge is 0.349 e. The number of carbonyl (C=O) groups is 2. The van der Waals surface area contributed by atoms with Crippen molar-refractivity contribution in [3.63, 3.8) is 0 Å². The molecule has 0 aromatic heterocycles. The third kappa shape index (κ3) is 3.92. The number of amides is 1. The molecule has 0 saturated carbocycles. The van der Waals surface area contributed by atoms with Crippen LogP contribution in [0.1, 0.15) is 12.8 Å². The number of esters is 1. The lowest BCUT2D eigenvalue weighted by molar-refractivity contribution is -0.136. The number of carbonyl (C=O) groups excluding carboxylic acids is 2. The predicted octanol–water partition coefficient (Wildman–Crippen LogP) is 3.95. The van der Waals surface area contributed by atoms with E-state index in [9.17, 15) is 9.59 Å². The van der Waals surface area contributed by atoms with Crippen molar-refractivity contribution in [1.82, 2.24) is 0 Å². The van der Waals surface area contributed by atoms with Gasteiger partial charge in [-0.3, -0.25) is 4.79 Å². The molecule has 1 aliphatic heterocycles. The number of fused-ring (bicyclic) bond motifs is 1. The van der Waals surface area contributed by atoms with Crippen LogP contribution >= 0.6 is 0 Å². The highest BCUT2D eigenvalue weighted by atomic mass is 16.6. The molecule has 0 radical (unpaired) electrons. The minimum absolute atomic E-state index is 0.0955. The van der Waals surface area contributed by atoms with Crippen LogP contribution in [0, 0.1) is 0 Å². The van der Waals surface area contributed by atoms with Crippen LogP contribution in [0.15, 0.2) is 66.7 Å². The molecule has 0 atom stereocenters. The maximum absolute atomic E-state index is 12.1. The Labute approximate surface area is 157 Å². The Balaban J connectivity index is 1.38. The van der Waals surface area contributed by atoms with Crippen molar-refractivity contribution in [3.8, 4) is 11.5 Å². The summed E-state index contributed by atoms with van der Waals surface area (Å²) >= 11 is 0. The van der Waals surface area contributed by atoms with Gasteiger partial charge in [0.05, 0.1) is 0 Å². The lowest BCUT2D eigenvalue weighted by Gasteiger charge is -2.16. The van der Waals surface area contributed by atoms with E-state index in [1.54, 1.807) is 23.1 Å². The maximum atomic E-state index is 12.1. The van der Waals surface area contributed by atoms with Crippen molar-refractivity contribution in [3.05, 3.63) is 66.7 Å². The first-order valence-electron chi connectivity index (χ1n) is 8.92. The molecule has 0 unspecified atom stereocenters. The first kappa shape index (κ1) is 17.1. The molecular formula is C22H19NO4. The SMILES string of the molecule is O=C(COc1ccc2ccccc2c1)Oc1cccc(N2CCCC2=O)c1. The molecule has 0 N–H and O–H groups in total. The van der Waals surface area contributed by atoms with Crippen LogP contribution in [0.25, 0.3) is 10.8 Å². The molecule has 27 heavy (non-hydrogen) atoms. The zero-order valence-corrected chi connectivity index (χ0v) is 14.8. The molecule has 3 aromatic rings. The Morgan fingerprint density at radius 1 is 0.926 bits per heavy atom. The van der Waals surface area contributed by atoms with Crippen LogP contribution in [-0.2, 0) is 9.59 Å². The van der Waals surface area contributed by atoms with E-state index in [-0.39, 0.29) is 12.5 Å². The van der Waals surface area contributed by atoms with E-state index in [0.29, 0.717) is 24.5 Å². The monoisotopic (exact) mass is 361 g/mol. The van der Waals surface area contributed by atoms with Crippen molar-refractivity contribution in [2.24, 2.45) is 0 Å². The van der Waals surface area contributed by atoms with Crippen molar-refractivity contribution in [1.29, 1.82) is 0 Å². The fraction of sp³-hybridized carbons (Fsp3) is 0.182. The summed E-state index contributed by atoms with van der Waals surface area (Å²) in [4.78, 5) is 25.7. The Kier molecular flexibility index (Phi) is 4.75. The molecule has 1 saturated heterocycles. The van der Waals surface area contributed by atoms with E-state index in [2.05, 4.69) is 0 Å². The molecular weight excluding hydrogens is 342 g/mol. The minimum Gasteiger partial charge on any atom is -0.482 e. The first-order chi connectivity index (χ1) is 13.2. The predicted molar refractivity (Wildman–Crippen MR) is 103 cm³/mol. The molecule has 3 aromatic carbocycles. The summed E-state index contributed by atoms with van der Waals surface area (Å²) in [5.41, 5.74) is 0.748. The van der Waals surface area contributed by atoms with E-state index in [4.69, 9.17) is 9.47 Å². The van der Waals surface area contributed by atoms with Crippen molar-refractivity contribution in [2.75, 3.05) is 18.1 Å². The summed E-state index contributed by atoms with van der Waals surface area (Å²) in [6.45, 7) is 0.506. The van der Waals surface area contributed by atoms with Gasteiger partial charge in [0.25, 0.3) is 0 Å². The third-order valence-electron chi connectivity index (χ3n) is 4.51. The van der Waals surface area contributed by atoms with Gasteiger partial charge in [-0.1, -0.05) is 36.4 Å². The van der Waals surface area contributed by atoms with Gasteiger partial charge in [0.15, 0.2) is 6.61 Å². The van der Waals surface area contributed by atoms with E-state index in [1.165, 1.54) is 0 Å². The van der Waals surface area contributed by atoms with Gasteiger partial charge in [0.1, 0.15) is 11.5 Å². The maximum Gasteiger partial charge on any atom is 0.349 e. The molecule has 5 heteroatoms. The second-order valence-electron chi connectivity index (χ2n) is 6.42. The third-order valence-corrected chi connectivity index (χ3v) is 4.51. The summed E-state index contributed by atoms with van der Waals surface area (Å²) < 4.78 is 10.9. The van der Waals surface area contributed by atoms with E-state index < -0.39 is 5.97 Å². The van der Waals surface area contributed by atoms with Crippen LogP contribution in [0.4, 0.5) is 5.69 Å². The molecule has 1 fully saturated rings. The molecule has 1 heterocycles. The van der Waals surface area contributed by atoms with Gasteiger partial charge >= 0.3 is 5.97 Å². The van der Waals surface area contributed by atoms with Gasteiger partial charge < -0.3 is 14.4 Å². The lowest BCUT2D eigenvalue weighted by Crippen LogP contribution is -2.23. The normalized spacial score (nSPS) is 13.8. The quantitative estimate of drug-likeness (QED) is 0.510. The van der Waals surface area contributed by atoms with Gasteiger partial charge in [-0.05, 0) is 41.5 Å². The number of nitrogens with zero attached hydrogens (tertiary/aromatic N) is 1. The molecule has 0 bridgehead atoms. The second kappa shape index (κ2) is 7.50. The van der Waals surface area contributed by atoms with Crippen molar-refractivity contribution in [2.45, 2.75) is 12.8 Å². The number of hydrogen-bond donors (Lipinski definition) is 0.